The van der Waals surface area contributed by atoms with E-state index in [9.17, 15) is 4.79 Å². The minimum Gasteiger partial charge on any atom is -0.484 e. The average Bonchev–Trinajstić information content (AvgIpc) is 2.48. The largest absolute Gasteiger partial charge is 0.484 e. The minimum absolute atomic E-state index is 0.0784. The maximum Gasteiger partial charge on any atom is 0.277 e. The molecule has 0 atom stereocenters. The lowest BCUT2D eigenvalue weighted by Crippen LogP contribution is -2.24. The molecule has 1 aromatic heterocycles. The Morgan fingerprint density at radius 1 is 1.35 bits per heavy atom. The van der Waals surface area contributed by atoms with Gasteiger partial charge < -0.3 is 4.74 Å². The van der Waals surface area contributed by atoms with E-state index in [4.69, 9.17) is 4.74 Å². The molecule has 2 aromatic rings. The number of hydrazone groups is 1. The third kappa shape index (κ3) is 4.96. The van der Waals surface area contributed by atoms with Crippen molar-refractivity contribution >= 4 is 34.7 Å². The van der Waals surface area contributed by atoms with Gasteiger partial charge in [-0.25, -0.2) is 5.43 Å². The summed E-state index contributed by atoms with van der Waals surface area (Å²) < 4.78 is 6.44. The molecule has 0 bridgehead atoms. The van der Waals surface area contributed by atoms with Crippen molar-refractivity contribution in [2.75, 3.05) is 6.61 Å². The molecule has 2 rings (SSSR count). The van der Waals surface area contributed by atoms with Crippen LogP contribution in [0.15, 0.2) is 53.9 Å². The molecular weight excluding hydrogens is 369 g/mol. The van der Waals surface area contributed by atoms with Crippen molar-refractivity contribution in [3.63, 3.8) is 0 Å². The lowest BCUT2D eigenvalue weighted by Gasteiger charge is -2.04. The number of carbonyl (C=O) groups is 1. The molecule has 0 aliphatic rings. The Bertz CT molecular complexity index is 585. The van der Waals surface area contributed by atoms with Crippen LogP contribution in [0.4, 0.5) is 0 Å². The summed E-state index contributed by atoms with van der Waals surface area (Å²) in [6, 6.07) is 11.1. The van der Waals surface area contributed by atoms with Crippen molar-refractivity contribution in [2.45, 2.75) is 0 Å². The molecule has 0 spiro atoms. The molecule has 1 amide bonds. The molecule has 0 aliphatic carbocycles. The Kier molecular flexibility index (Phi) is 5.48. The van der Waals surface area contributed by atoms with Gasteiger partial charge in [0, 0.05) is 21.5 Å². The van der Waals surface area contributed by atoms with Gasteiger partial charge in [-0.2, -0.15) is 5.10 Å². The summed E-state index contributed by atoms with van der Waals surface area (Å²) >= 11 is 2.20. The predicted octanol–water partition coefficient (Wildman–Crippen LogP) is 2.22. The van der Waals surface area contributed by atoms with Crippen LogP contribution >= 0.6 is 22.6 Å². The standard InChI is InChI=1S/C14H12IN3O2/c15-12-3-5-13(6-4-12)20-10-14(19)18-17-9-11-2-1-7-16-8-11/h1-9H,10H2,(H,18,19). The average molecular weight is 381 g/mol. The second kappa shape index (κ2) is 7.59. The van der Waals surface area contributed by atoms with Gasteiger partial charge in [0.15, 0.2) is 6.61 Å². The molecule has 0 saturated carbocycles. The fourth-order valence-electron chi connectivity index (χ4n) is 1.34. The van der Waals surface area contributed by atoms with Crippen LogP contribution in [0, 0.1) is 3.57 Å². The maximum atomic E-state index is 11.5. The minimum atomic E-state index is -0.316. The molecule has 0 aliphatic heterocycles. The van der Waals surface area contributed by atoms with E-state index in [0.717, 1.165) is 9.13 Å². The van der Waals surface area contributed by atoms with Crippen LogP contribution in [-0.4, -0.2) is 23.7 Å². The van der Waals surface area contributed by atoms with E-state index < -0.39 is 0 Å². The highest BCUT2D eigenvalue weighted by atomic mass is 127. The summed E-state index contributed by atoms with van der Waals surface area (Å²) in [6.45, 7) is -0.0784. The number of rotatable bonds is 5. The third-order valence-electron chi connectivity index (χ3n) is 2.27. The highest BCUT2D eigenvalue weighted by Crippen LogP contribution is 2.13. The Morgan fingerprint density at radius 2 is 2.15 bits per heavy atom. The molecule has 0 unspecified atom stereocenters. The second-order valence-corrected chi connectivity index (χ2v) is 5.07. The molecular formula is C14H12IN3O2. The van der Waals surface area contributed by atoms with E-state index in [1.165, 1.54) is 6.21 Å². The van der Waals surface area contributed by atoms with Crippen molar-refractivity contribution in [3.8, 4) is 5.75 Å². The smallest absolute Gasteiger partial charge is 0.277 e. The number of aromatic nitrogens is 1. The molecule has 5 nitrogen and oxygen atoms in total. The lowest BCUT2D eigenvalue weighted by molar-refractivity contribution is -0.123. The van der Waals surface area contributed by atoms with Crippen molar-refractivity contribution < 1.29 is 9.53 Å². The fourth-order valence-corrected chi connectivity index (χ4v) is 1.70. The van der Waals surface area contributed by atoms with E-state index >= 15 is 0 Å². The van der Waals surface area contributed by atoms with Crippen molar-refractivity contribution in [1.82, 2.24) is 10.4 Å². The van der Waals surface area contributed by atoms with Crippen LogP contribution in [-0.2, 0) is 4.79 Å². The van der Waals surface area contributed by atoms with Gasteiger partial charge in [-0.15, -0.1) is 0 Å². The van der Waals surface area contributed by atoms with Gasteiger partial charge in [-0.3, -0.25) is 9.78 Å². The second-order valence-electron chi connectivity index (χ2n) is 3.82. The number of ether oxygens (including phenoxy) is 1. The number of carbonyl (C=O) groups excluding carboxylic acids is 1. The Labute approximate surface area is 130 Å². The van der Waals surface area contributed by atoms with Crippen LogP contribution in [0.3, 0.4) is 0 Å². The number of hydrogen-bond acceptors (Lipinski definition) is 4. The lowest BCUT2D eigenvalue weighted by atomic mass is 10.3. The van der Waals surface area contributed by atoms with E-state index in [2.05, 4.69) is 38.1 Å². The number of pyridine rings is 1. The van der Waals surface area contributed by atoms with Crippen molar-refractivity contribution in [2.24, 2.45) is 5.10 Å². The summed E-state index contributed by atoms with van der Waals surface area (Å²) in [6.07, 6.45) is 4.85. The zero-order chi connectivity index (χ0) is 14.2. The maximum absolute atomic E-state index is 11.5. The zero-order valence-corrected chi connectivity index (χ0v) is 12.6. The van der Waals surface area contributed by atoms with Gasteiger partial charge in [-0.1, -0.05) is 6.07 Å². The SMILES string of the molecule is O=C(COc1ccc(I)cc1)NN=Cc1cccnc1. The van der Waals surface area contributed by atoms with Crippen molar-refractivity contribution in [1.29, 1.82) is 0 Å². The molecule has 1 N–H and O–H groups in total. The molecule has 0 fully saturated rings. The molecule has 0 saturated heterocycles. The topological polar surface area (TPSA) is 63.6 Å². The molecule has 1 aromatic carbocycles. The Balaban J connectivity index is 1.76. The molecule has 20 heavy (non-hydrogen) atoms. The first kappa shape index (κ1) is 14.4. The van der Waals surface area contributed by atoms with E-state index in [0.29, 0.717) is 5.75 Å². The van der Waals surface area contributed by atoms with Gasteiger partial charge in [0.05, 0.1) is 6.21 Å². The highest BCUT2D eigenvalue weighted by molar-refractivity contribution is 14.1. The van der Waals surface area contributed by atoms with Crippen molar-refractivity contribution in [3.05, 3.63) is 57.9 Å². The number of nitrogens with one attached hydrogen (secondary N) is 1. The van der Waals surface area contributed by atoms with Crippen LogP contribution in [0.5, 0.6) is 5.75 Å². The Morgan fingerprint density at radius 3 is 2.85 bits per heavy atom. The van der Waals surface area contributed by atoms with Crippen LogP contribution in [0.1, 0.15) is 5.56 Å². The fraction of sp³-hybridized carbons (Fsp3) is 0.0714. The first-order valence-corrected chi connectivity index (χ1v) is 6.92. The number of amides is 1. The summed E-state index contributed by atoms with van der Waals surface area (Å²) in [5.74, 6) is 0.334. The normalized spacial score (nSPS) is 10.4. The van der Waals surface area contributed by atoms with Crippen LogP contribution in [0.25, 0.3) is 0 Å². The summed E-state index contributed by atoms with van der Waals surface area (Å²) in [7, 11) is 0. The highest BCUT2D eigenvalue weighted by Gasteiger charge is 2.01. The number of hydrogen-bond donors (Lipinski definition) is 1. The summed E-state index contributed by atoms with van der Waals surface area (Å²) in [5.41, 5.74) is 3.20. The van der Waals surface area contributed by atoms with Gasteiger partial charge in [0.25, 0.3) is 5.91 Å². The molecule has 102 valence electrons. The Hall–Kier alpha value is -1.96. The zero-order valence-electron chi connectivity index (χ0n) is 10.5. The van der Waals surface area contributed by atoms with Crippen LogP contribution < -0.4 is 10.2 Å². The monoisotopic (exact) mass is 381 g/mol. The number of nitrogens with zero attached hydrogens (tertiary/aromatic N) is 2. The molecule has 1 heterocycles. The molecule has 6 heteroatoms. The summed E-state index contributed by atoms with van der Waals surface area (Å²) in [5, 5.41) is 3.82. The van der Waals surface area contributed by atoms with Crippen LogP contribution in [0.2, 0.25) is 0 Å². The number of halogens is 1. The molecule has 0 radical (unpaired) electrons. The first-order valence-electron chi connectivity index (χ1n) is 5.84. The third-order valence-corrected chi connectivity index (χ3v) is 2.99. The van der Waals surface area contributed by atoms with Gasteiger partial charge >= 0.3 is 0 Å². The van der Waals surface area contributed by atoms with Gasteiger partial charge in [0.2, 0.25) is 0 Å². The predicted molar refractivity (Wildman–Crippen MR) is 84.6 cm³/mol. The van der Waals surface area contributed by atoms with E-state index in [1.807, 2.05) is 30.3 Å². The first-order chi connectivity index (χ1) is 9.74. The van der Waals surface area contributed by atoms with Gasteiger partial charge in [-0.05, 0) is 52.9 Å². The van der Waals surface area contributed by atoms with E-state index in [-0.39, 0.29) is 12.5 Å². The van der Waals surface area contributed by atoms with E-state index in [1.54, 1.807) is 18.5 Å². The quantitative estimate of drug-likeness (QED) is 0.491. The summed E-state index contributed by atoms with van der Waals surface area (Å²) in [4.78, 5) is 15.4. The number of benzene rings is 1. The van der Waals surface area contributed by atoms with Gasteiger partial charge in [0.1, 0.15) is 5.75 Å².